The fourth-order valence-electron chi connectivity index (χ4n) is 2.34. The highest BCUT2D eigenvalue weighted by Crippen LogP contribution is 2.22. The van der Waals surface area contributed by atoms with Crippen molar-refractivity contribution in [2.45, 2.75) is 26.4 Å². The van der Waals surface area contributed by atoms with Crippen LogP contribution in [0, 0.1) is 5.92 Å². The van der Waals surface area contributed by atoms with Gasteiger partial charge in [-0.25, -0.2) is 0 Å². The Morgan fingerprint density at radius 3 is 2.52 bits per heavy atom. The van der Waals surface area contributed by atoms with E-state index in [4.69, 9.17) is 5.73 Å². The molecule has 0 aliphatic carbocycles. The van der Waals surface area contributed by atoms with Crippen LogP contribution in [0.2, 0.25) is 0 Å². The molecule has 1 heterocycles. The van der Waals surface area contributed by atoms with Gasteiger partial charge in [0.25, 0.3) is 0 Å². The van der Waals surface area contributed by atoms with Gasteiger partial charge in [-0.2, -0.15) is 0 Å². The van der Waals surface area contributed by atoms with E-state index >= 15 is 0 Å². The first-order valence-electron chi connectivity index (χ1n) is 7.25. The van der Waals surface area contributed by atoms with Gasteiger partial charge in [0.05, 0.1) is 12.5 Å². The highest BCUT2D eigenvalue weighted by molar-refractivity contribution is 7.09. The van der Waals surface area contributed by atoms with Gasteiger partial charge < -0.3 is 10.6 Å². The van der Waals surface area contributed by atoms with Crippen molar-refractivity contribution in [1.29, 1.82) is 0 Å². The summed E-state index contributed by atoms with van der Waals surface area (Å²) in [5.74, 6) is -0.116. The first kappa shape index (κ1) is 15.7. The van der Waals surface area contributed by atoms with Crippen LogP contribution < -0.4 is 5.73 Å². The van der Waals surface area contributed by atoms with Crippen LogP contribution in [-0.2, 0) is 11.3 Å². The maximum absolute atomic E-state index is 12.7. The molecule has 0 aliphatic heterocycles. The SMILES string of the molecule is CCN(Cc1cccs1)C(=O)[C@H](C)[C@@H](N)c1ccccc1. The van der Waals surface area contributed by atoms with Crippen LogP contribution in [0.5, 0.6) is 0 Å². The van der Waals surface area contributed by atoms with E-state index in [1.165, 1.54) is 4.88 Å². The molecule has 4 heteroatoms. The smallest absolute Gasteiger partial charge is 0.227 e. The second-order valence-electron chi connectivity index (χ2n) is 5.16. The van der Waals surface area contributed by atoms with Crippen molar-refractivity contribution in [3.05, 3.63) is 58.3 Å². The molecule has 0 fully saturated rings. The molecule has 0 radical (unpaired) electrons. The van der Waals surface area contributed by atoms with E-state index in [0.717, 1.165) is 5.56 Å². The van der Waals surface area contributed by atoms with E-state index in [9.17, 15) is 4.79 Å². The lowest BCUT2D eigenvalue weighted by atomic mass is 9.94. The summed E-state index contributed by atoms with van der Waals surface area (Å²) < 4.78 is 0. The molecule has 112 valence electrons. The number of hydrogen-bond donors (Lipinski definition) is 1. The lowest BCUT2D eigenvalue weighted by Crippen LogP contribution is -2.38. The Labute approximate surface area is 130 Å². The van der Waals surface area contributed by atoms with Gasteiger partial charge in [0.2, 0.25) is 5.91 Å². The van der Waals surface area contributed by atoms with Crippen LogP contribution in [0.1, 0.15) is 30.3 Å². The van der Waals surface area contributed by atoms with E-state index in [0.29, 0.717) is 13.1 Å². The highest BCUT2D eigenvalue weighted by atomic mass is 32.1. The van der Waals surface area contributed by atoms with Gasteiger partial charge in [0.1, 0.15) is 0 Å². The Morgan fingerprint density at radius 2 is 1.95 bits per heavy atom. The molecule has 2 N–H and O–H groups in total. The summed E-state index contributed by atoms with van der Waals surface area (Å²) in [6.07, 6.45) is 0. The van der Waals surface area contributed by atoms with Gasteiger partial charge in [-0.3, -0.25) is 4.79 Å². The molecule has 0 bridgehead atoms. The van der Waals surface area contributed by atoms with Gasteiger partial charge >= 0.3 is 0 Å². The molecule has 0 aliphatic rings. The molecule has 2 aromatic rings. The molecule has 0 unspecified atom stereocenters. The van der Waals surface area contributed by atoms with Crippen LogP contribution in [-0.4, -0.2) is 17.4 Å². The topological polar surface area (TPSA) is 46.3 Å². The summed E-state index contributed by atoms with van der Waals surface area (Å²) in [5, 5.41) is 2.03. The van der Waals surface area contributed by atoms with Crippen LogP contribution in [0.15, 0.2) is 47.8 Å². The number of amides is 1. The maximum Gasteiger partial charge on any atom is 0.227 e. The number of carbonyl (C=O) groups is 1. The minimum Gasteiger partial charge on any atom is -0.338 e. The van der Waals surface area contributed by atoms with Crippen molar-refractivity contribution in [3.63, 3.8) is 0 Å². The second-order valence-corrected chi connectivity index (χ2v) is 6.19. The molecular formula is C17H22N2OS. The summed E-state index contributed by atoms with van der Waals surface area (Å²) in [6.45, 7) is 5.28. The van der Waals surface area contributed by atoms with Gasteiger partial charge in [-0.05, 0) is 23.9 Å². The number of hydrogen-bond acceptors (Lipinski definition) is 3. The van der Waals surface area contributed by atoms with Crippen molar-refractivity contribution >= 4 is 17.2 Å². The fourth-order valence-corrected chi connectivity index (χ4v) is 3.06. The van der Waals surface area contributed by atoms with Crippen molar-refractivity contribution in [1.82, 2.24) is 4.90 Å². The molecule has 21 heavy (non-hydrogen) atoms. The lowest BCUT2D eigenvalue weighted by Gasteiger charge is -2.27. The minimum absolute atomic E-state index is 0.113. The van der Waals surface area contributed by atoms with E-state index in [2.05, 4.69) is 6.07 Å². The van der Waals surface area contributed by atoms with Crippen LogP contribution >= 0.6 is 11.3 Å². The van der Waals surface area contributed by atoms with E-state index in [-0.39, 0.29) is 17.9 Å². The summed E-state index contributed by atoms with van der Waals surface area (Å²) >= 11 is 1.68. The Balaban J connectivity index is 2.06. The molecule has 1 aromatic heterocycles. The van der Waals surface area contributed by atoms with Gasteiger partial charge in [-0.1, -0.05) is 43.3 Å². The number of rotatable bonds is 6. The molecule has 1 amide bonds. The molecular weight excluding hydrogens is 280 g/mol. The van der Waals surface area contributed by atoms with E-state index in [1.807, 2.05) is 60.5 Å². The Kier molecular flexibility index (Phi) is 5.53. The van der Waals surface area contributed by atoms with Crippen LogP contribution in [0.4, 0.5) is 0 Å². The van der Waals surface area contributed by atoms with Crippen molar-refractivity contribution in [3.8, 4) is 0 Å². The maximum atomic E-state index is 12.7. The number of carbonyl (C=O) groups excluding carboxylic acids is 1. The molecule has 2 atom stereocenters. The third-order valence-electron chi connectivity index (χ3n) is 3.73. The third kappa shape index (κ3) is 3.93. The summed E-state index contributed by atoms with van der Waals surface area (Å²) in [6, 6.07) is 13.6. The van der Waals surface area contributed by atoms with Gasteiger partial charge in [0, 0.05) is 17.5 Å². The standard InChI is InChI=1S/C17H22N2OS/c1-3-19(12-15-10-7-11-21-15)17(20)13(2)16(18)14-8-5-4-6-9-14/h4-11,13,16H,3,12,18H2,1-2H3/t13-,16-/m1/s1. The molecule has 3 nitrogen and oxygen atoms in total. The molecule has 0 saturated carbocycles. The molecule has 0 saturated heterocycles. The van der Waals surface area contributed by atoms with E-state index < -0.39 is 0 Å². The average Bonchev–Trinajstić information content (AvgIpc) is 3.04. The number of benzene rings is 1. The Morgan fingerprint density at radius 1 is 1.24 bits per heavy atom. The lowest BCUT2D eigenvalue weighted by molar-refractivity contribution is -0.136. The zero-order valence-electron chi connectivity index (χ0n) is 12.5. The highest BCUT2D eigenvalue weighted by Gasteiger charge is 2.26. The average molecular weight is 302 g/mol. The third-order valence-corrected chi connectivity index (χ3v) is 4.59. The predicted molar refractivity (Wildman–Crippen MR) is 87.9 cm³/mol. The van der Waals surface area contributed by atoms with Gasteiger partial charge in [0.15, 0.2) is 0 Å². The van der Waals surface area contributed by atoms with Crippen molar-refractivity contribution < 1.29 is 4.79 Å². The summed E-state index contributed by atoms with van der Waals surface area (Å²) in [5.41, 5.74) is 7.27. The van der Waals surface area contributed by atoms with E-state index in [1.54, 1.807) is 11.3 Å². The molecule has 2 rings (SSSR count). The quantitative estimate of drug-likeness (QED) is 0.888. The largest absolute Gasteiger partial charge is 0.338 e. The molecule has 0 spiro atoms. The number of nitrogens with two attached hydrogens (primary N) is 1. The van der Waals surface area contributed by atoms with Gasteiger partial charge in [-0.15, -0.1) is 11.3 Å². The predicted octanol–water partition coefficient (Wildman–Crippen LogP) is 3.43. The normalized spacial score (nSPS) is 13.7. The fraction of sp³-hybridized carbons (Fsp3) is 0.353. The zero-order chi connectivity index (χ0) is 15.2. The number of nitrogens with zero attached hydrogens (tertiary/aromatic N) is 1. The Hall–Kier alpha value is -1.65. The zero-order valence-corrected chi connectivity index (χ0v) is 13.3. The van der Waals surface area contributed by atoms with Crippen LogP contribution in [0.25, 0.3) is 0 Å². The first-order valence-corrected chi connectivity index (χ1v) is 8.13. The summed E-state index contributed by atoms with van der Waals surface area (Å²) in [4.78, 5) is 15.7. The number of thiophene rings is 1. The van der Waals surface area contributed by atoms with Crippen molar-refractivity contribution in [2.24, 2.45) is 11.7 Å². The monoisotopic (exact) mass is 302 g/mol. The second kappa shape index (κ2) is 7.38. The Bertz CT molecular complexity index is 553. The summed E-state index contributed by atoms with van der Waals surface area (Å²) in [7, 11) is 0. The molecule has 1 aromatic carbocycles. The minimum atomic E-state index is -0.268. The van der Waals surface area contributed by atoms with Crippen molar-refractivity contribution in [2.75, 3.05) is 6.54 Å². The van der Waals surface area contributed by atoms with Crippen LogP contribution in [0.3, 0.4) is 0 Å². The first-order chi connectivity index (χ1) is 10.1.